The first-order chi connectivity index (χ1) is 11.5. The fourth-order valence-electron chi connectivity index (χ4n) is 1.50. The number of hydrogen-bond donors (Lipinski definition) is 0. The van der Waals surface area contributed by atoms with Crippen LogP contribution in [0.4, 0.5) is 0 Å². The molecule has 0 radical (unpaired) electrons. The molecule has 0 aliphatic heterocycles. The molecule has 24 heavy (non-hydrogen) atoms. The second-order valence-electron chi connectivity index (χ2n) is 4.13. The average Bonchev–Trinajstić information content (AvgIpc) is 2.57. The number of esters is 2. The van der Waals surface area contributed by atoms with Gasteiger partial charge in [0.15, 0.2) is 0 Å². The first-order valence-electron chi connectivity index (χ1n) is 6.63. The van der Waals surface area contributed by atoms with Crippen molar-refractivity contribution >= 4 is 35.1 Å². The Morgan fingerprint density at radius 3 is 1.92 bits per heavy atom. The molecule has 0 aromatic heterocycles. The van der Waals surface area contributed by atoms with Crippen LogP contribution in [0.2, 0.25) is 10.0 Å². The number of carbonyl (C=O) groups excluding carboxylic acids is 2. The Balaban J connectivity index is 0.000000240. The van der Waals surface area contributed by atoms with Gasteiger partial charge in [-0.3, -0.25) is 0 Å². The second-order valence-corrected chi connectivity index (χ2v) is 4.97. The summed E-state index contributed by atoms with van der Waals surface area (Å²) in [5.41, 5.74) is 0.804. The van der Waals surface area contributed by atoms with Crippen LogP contribution >= 0.6 is 23.2 Å². The van der Waals surface area contributed by atoms with Gasteiger partial charge in [-0.05, 0) is 36.4 Å². The lowest BCUT2D eigenvalue weighted by Gasteiger charge is -1.99. The van der Waals surface area contributed by atoms with Crippen molar-refractivity contribution in [3.8, 4) is 0 Å². The summed E-state index contributed by atoms with van der Waals surface area (Å²) in [7, 11) is 0. The molecule has 0 saturated carbocycles. The zero-order valence-corrected chi connectivity index (χ0v) is 14.1. The summed E-state index contributed by atoms with van der Waals surface area (Å²) in [4.78, 5) is 22.1. The summed E-state index contributed by atoms with van der Waals surface area (Å²) in [6, 6.07) is 13.1. The molecule has 0 saturated heterocycles. The van der Waals surface area contributed by atoms with Crippen molar-refractivity contribution in [1.29, 1.82) is 0 Å². The van der Waals surface area contributed by atoms with Gasteiger partial charge in [-0.1, -0.05) is 48.5 Å². The van der Waals surface area contributed by atoms with E-state index in [1.807, 2.05) is 0 Å². The van der Waals surface area contributed by atoms with Gasteiger partial charge in [0.25, 0.3) is 0 Å². The molecular formula is C18H14Cl2O4. The number of rotatable bonds is 4. The van der Waals surface area contributed by atoms with Crippen molar-refractivity contribution in [2.24, 2.45) is 0 Å². The quantitative estimate of drug-likeness (QED) is 0.546. The predicted molar refractivity (Wildman–Crippen MR) is 94.1 cm³/mol. The van der Waals surface area contributed by atoms with Gasteiger partial charge in [0, 0.05) is 5.02 Å². The zero-order chi connectivity index (χ0) is 17.9. The SMILES string of the molecule is C=COC(=O)c1ccc(Cl)cc1.C=COC(=O)c1ccccc1Cl. The number of hydrogen-bond acceptors (Lipinski definition) is 4. The third-order valence-electron chi connectivity index (χ3n) is 2.55. The van der Waals surface area contributed by atoms with Gasteiger partial charge in [0.1, 0.15) is 0 Å². The van der Waals surface area contributed by atoms with Crippen molar-refractivity contribution in [2.45, 2.75) is 0 Å². The first kappa shape index (κ1) is 19.5. The lowest BCUT2D eigenvalue weighted by molar-refractivity contribution is 0.0654. The van der Waals surface area contributed by atoms with Crippen molar-refractivity contribution in [3.05, 3.63) is 95.4 Å². The largest absolute Gasteiger partial charge is 0.432 e. The lowest BCUT2D eigenvalue weighted by atomic mass is 10.2. The van der Waals surface area contributed by atoms with Gasteiger partial charge in [-0.25, -0.2) is 9.59 Å². The van der Waals surface area contributed by atoms with E-state index in [0.717, 1.165) is 12.5 Å². The van der Waals surface area contributed by atoms with Gasteiger partial charge < -0.3 is 9.47 Å². The molecule has 0 unspecified atom stereocenters. The summed E-state index contributed by atoms with van der Waals surface area (Å²) in [5, 5.41) is 0.967. The molecule has 0 heterocycles. The van der Waals surface area contributed by atoms with E-state index in [2.05, 4.69) is 22.6 Å². The highest BCUT2D eigenvalue weighted by molar-refractivity contribution is 6.33. The molecule has 0 fully saturated rings. The van der Waals surface area contributed by atoms with Crippen LogP contribution in [0, 0.1) is 0 Å². The Hall–Kier alpha value is -2.56. The molecule has 0 atom stereocenters. The van der Waals surface area contributed by atoms with Gasteiger partial charge in [0.2, 0.25) is 0 Å². The Labute approximate surface area is 149 Å². The fourth-order valence-corrected chi connectivity index (χ4v) is 1.83. The van der Waals surface area contributed by atoms with Crippen LogP contribution in [-0.4, -0.2) is 11.9 Å². The number of benzene rings is 2. The van der Waals surface area contributed by atoms with E-state index in [0.29, 0.717) is 21.2 Å². The van der Waals surface area contributed by atoms with Crippen LogP contribution in [0.5, 0.6) is 0 Å². The van der Waals surface area contributed by atoms with E-state index in [4.69, 9.17) is 23.2 Å². The summed E-state index contributed by atoms with van der Waals surface area (Å²) in [6.07, 6.45) is 2.17. The summed E-state index contributed by atoms with van der Waals surface area (Å²) >= 11 is 11.3. The molecule has 0 aliphatic rings. The monoisotopic (exact) mass is 364 g/mol. The van der Waals surface area contributed by atoms with E-state index in [-0.39, 0.29) is 0 Å². The van der Waals surface area contributed by atoms with Crippen LogP contribution in [0.25, 0.3) is 0 Å². The van der Waals surface area contributed by atoms with Crippen molar-refractivity contribution in [2.75, 3.05) is 0 Å². The number of halogens is 2. The molecule has 0 bridgehead atoms. The third kappa shape index (κ3) is 6.28. The minimum absolute atomic E-state index is 0.346. The maximum Gasteiger partial charge on any atom is 0.344 e. The van der Waals surface area contributed by atoms with Gasteiger partial charge >= 0.3 is 11.9 Å². The van der Waals surface area contributed by atoms with Crippen LogP contribution < -0.4 is 0 Å². The minimum atomic E-state index is -0.490. The van der Waals surface area contributed by atoms with Crippen molar-refractivity contribution < 1.29 is 19.1 Å². The van der Waals surface area contributed by atoms with Crippen molar-refractivity contribution in [3.63, 3.8) is 0 Å². The predicted octanol–water partition coefficient (Wildman–Crippen LogP) is 5.28. The molecule has 0 amide bonds. The summed E-state index contributed by atoms with van der Waals surface area (Å²) in [6.45, 7) is 6.54. The highest BCUT2D eigenvalue weighted by Crippen LogP contribution is 2.15. The smallest absolute Gasteiger partial charge is 0.344 e. The summed E-state index contributed by atoms with van der Waals surface area (Å²) < 4.78 is 9.10. The molecule has 4 nitrogen and oxygen atoms in total. The molecule has 124 valence electrons. The third-order valence-corrected chi connectivity index (χ3v) is 3.14. The molecule has 6 heteroatoms. The zero-order valence-electron chi connectivity index (χ0n) is 12.6. The van der Waals surface area contributed by atoms with E-state index in [1.165, 1.54) is 0 Å². The van der Waals surface area contributed by atoms with Gasteiger partial charge in [-0.15, -0.1) is 0 Å². The molecule has 0 aliphatic carbocycles. The number of carbonyl (C=O) groups is 2. The highest BCUT2D eigenvalue weighted by Gasteiger charge is 2.08. The minimum Gasteiger partial charge on any atom is -0.432 e. The fraction of sp³-hybridized carbons (Fsp3) is 0. The molecular weight excluding hydrogens is 351 g/mol. The van der Waals surface area contributed by atoms with Crippen LogP contribution in [0.1, 0.15) is 20.7 Å². The number of ether oxygens (including phenoxy) is 2. The maximum absolute atomic E-state index is 11.1. The Morgan fingerprint density at radius 2 is 1.38 bits per heavy atom. The van der Waals surface area contributed by atoms with E-state index in [1.54, 1.807) is 48.5 Å². The van der Waals surface area contributed by atoms with Crippen LogP contribution in [0.15, 0.2) is 74.2 Å². The molecule has 0 N–H and O–H groups in total. The maximum atomic E-state index is 11.1. The van der Waals surface area contributed by atoms with Crippen molar-refractivity contribution in [1.82, 2.24) is 0 Å². The molecule has 2 aromatic carbocycles. The Morgan fingerprint density at radius 1 is 0.833 bits per heavy atom. The molecule has 0 spiro atoms. The van der Waals surface area contributed by atoms with E-state index >= 15 is 0 Å². The lowest BCUT2D eigenvalue weighted by Crippen LogP contribution is -2.00. The molecule has 2 rings (SSSR count). The Bertz CT molecular complexity index is 724. The topological polar surface area (TPSA) is 52.6 Å². The van der Waals surface area contributed by atoms with Gasteiger partial charge in [0.05, 0.1) is 28.7 Å². The van der Waals surface area contributed by atoms with E-state index in [9.17, 15) is 9.59 Å². The van der Waals surface area contributed by atoms with Gasteiger partial charge in [-0.2, -0.15) is 0 Å². The van der Waals surface area contributed by atoms with E-state index < -0.39 is 11.9 Å². The molecule has 2 aromatic rings. The Kier molecular flexibility index (Phi) is 8.33. The summed E-state index contributed by atoms with van der Waals surface area (Å²) in [5.74, 6) is -0.919. The van der Waals surface area contributed by atoms with Crippen LogP contribution in [-0.2, 0) is 9.47 Å². The average molecular weight is 365 g/mol. The first-order valence-corrected chi connectivity index (χ1v) is 7.39. The normalized spacial score (nSPS) is 9.08. The standard InChI is InChI=1S/2C9H7ClO2/c1-2-12-9(11)7-3-5-8(10)6-4-7;1-2-12-9(11)7-5-3-4-6-8(7)10/h2*2-6H,1H2. The highest BCUT2D eigenvalue weighted by atomic mass is 35.5. The second kappa shape index (κ2) is 10.3. The van der Waals surface area contributed by atoms with Crippen LogP contribution in [0.3, 0.4) is 0 Å².